The van der Waals surface area contributed by atoms with Crippen molar-refractivity contribution in [2.24, 2.45) is 0 Å². The summed E-state index contributed by atoms with van der Waals surface area (Å²) in [5.41, 5.74) is -1.60. The van der Waals surface area contributed by atoms with E-state index < -0.39 is 62.4 Å². The SMILES string of the molecule is CCS(=O)(=O)c1cc(Cn2nnc(C(F)(F)F)n2)cnc1C(=O)Nc1ccc(C(F)(F)F)cn1. The largest absolute Gasteiger partial charge is 0.455 e. The van der Waals surface area contributed by atoms with Gasteiger partial charge in [0.25, 0.3) is 11.7 Å². The van der Waals surface area contributed by atoms with Crippen molar-refractivity contribution in [2.45, 2.75) is 30.7 Å². The first-order chi connectivity index (χ1) is 15.7. The smallest absolute Gasteiger partial charge is 0.305 e. The Morgan fingerprint density at radius 3 is 2.29 bits per heavy atom. The molecule has 0 aliphatic heterocycles. The lowest BCUT2D eigenvalue weighted by Gasteiger charge is -2.11. The molecule has 1 amide bonds. The third-order valence-corrected chi connectivity index (χ3v) is 5.94. The molecule has 0 unspecified atom stereocenters. The van der Waals surface area contributed by atoms with Gasteiger partial charge in [-0.1, -0.05) is 6.92 Å². The highest BCUT2D eigenvalue weighted by atomic mass is 32.2. The van der Waals surface area contributed by atoms with E-state index in [9.17, 15) is 39.6 Å². The first-order valence-corrected chi connectivity index (χ1v) is 10.8. The van der Waals surface area contributed by atoms with Crippen molar-refractivity contribution in [1.29, 1.82) is 0 Å². The fourth-order valence-electron chi connectivity index (χ4n) is 2.53. The number of nitrogens with zero attached hydrogens (tertiary/aromatic N) is 6. The van der Waals surface area contributed by atoms with Crippen LogP contribution in [0.5, 0.6) is 0 Å². The van der Waals surface area contributed by atoms with Gasteiger partial charge in [0.05, 0.1) is 22.8 Å². The van der Waals surface area contributed by atoms with Gasteiger partial charge >= 0.3 is 12.4 Å². The standard InChI is InChI=1S/C17H13F6N7O3S/c1-2-34(32,33)11-5-9(8-30-28-15(27-29-30)17(21,22)23)6-25-13(11)14(31)26-12-4-3-10(7-24-12)16(18,19)20/h3-7H,2,8H2,1H3,(H,24,26,31). The molecule has 182 valence electrons. The number of alkyl halides is 6. The van der Waals surface area contributed by atoms with E-state index in [1.807, 2.05) is 0 Å². The van der Waals surface area contributed by atoms with Crippen LogP contribution in [0.15, 0.2) is 35.5 Å². The van der Waals surface area contributed by atoms with Gasteiger partial charge in [-0.15, -0.1) is 10.2 Å². The van der Waals surface area contributed by atoms with Crippen LogP contribution in [-0.2, 0) is 28.7 Å². The zero-order valence-corrected chi connectivity index (χ0v) is 17.7. The van der Waals surface area contributed by atoms with Gasteiger partial charge in [-0.25, -0.2) is 18.4 Å². The number of tetrazole rings is 1. The number of anilines is 1. The van der Waals surface area contributed by atoms with Gasteiger partial charge in [-0.05, 0) is 29.0 Å². The number of carbonyl (C=O) groups excluding carboxylic acids is 1. The van der Waals surface area contributed by atoms with E-state index in [0.717, 1.165) is 18.3 Å². The summed E-state index contributed by atoms with van der Waals surface area (Å²) in [6.45, 7) is 0.848. The average molecular weight is 509 g/mol. The Balaban J connectivity index is 1.90. The number of amides is 1. The molecule has 0 atom stereocenters. The van der Waals surface area contributed by atoms with Crippen molar-refractivity contribution in [3.8, 4) is 0 Å². The van der Waals surface area contributed by atoms with E-state index >= 15 is 0 Å². The van der Waals surface area contributed by atoms with Crippen molar-refractivity contribution in [3.63, 3.8) is 0 Å². The van der Waals surface area contributed by atoms with Crippen LogP contribution in [-0.4, -0.2) is 50.3 Å². The van der Waals surface area contributed by atoms with E-state index in [1.165, 1.54) is 6.92 Å². The van der Waals surface area contributed by atoms with E-state index in [-0.39, 0.29) is 11.4 Å². The van der Waals surface area contributed by atoms with Gasteiger partial charge in [0.2, 0.25) is 0 Å². The molecule has 0 bridgehead atoms. The summed E-state index contributed by atoms with van der Waals surface area (Å²) in [6, 6.07) is 2.55. The van der Waals surface area contributed by atoms with Crippen LogP contribution in [0.1, 0.15) is 34.4 Å². The lowest BCUT2D eigenvalue weighted by Crippen LogP contribution is -2.20. The predicted octanol–water partition coefficient (Wildman–Crippen LogP) is 2.59. The van der Waals surface area contributed by atoms with Gasteiger partial charge in [0.15, 0.2) is 9.84 Å². The molecule has 3 rings (SSSR count). The summed E-state index contributed by atoms with van der Waals surface area (Å²) in [5.74, 6) is -3.32. The molecule has 0 saturated carbocycles. The Kier molecular flexibility index (Phi) is 6.59. The van der Waals surface area contributed by atoms with Crippen LogP contribution < -0.4 is 5.32 Å². The van der Waals surface area contributed by atoms with Gasteiger partial charge in [-0.2, -0.15) is 31.1 Å². The lowest BCUT2D eigenvalue weighted by molar-refractivity contribution is -0.145. The third kappa shape index (κ3) is 5.64. The van der Waals surface area contributed by atoms with E-state index in [2.05, 4.69) is 30.7 Å². The number of aromatic nitrogens is 6. The Morgan fingerprint density at radius 1 is 1.06 bits per heavy atom. The number of hydrogen-bond acceptors (Lipinski definition) is 8. The fourth-order valence-corrected chi connectivity index (χ4v) is 3.61. The maximum atomic E-state index is 12.6. The highest BCUT2D eigenvalue weighted by Gasteiger charge is 2.37. The summed E-state index contributed by atoms with van der Waals surface area (Å²) >= 11 is 0. The molecule has 0 aliphatic carbocycles. The Hall–Kier alpha value is -3.63. The Bertz CT molecular complexity index is 1300. The van der Waals surface area contributed by atoms with Gasteiger partial charge < -0.3 is 5.32 Å². The van der Waals surface area contributed by atoms with Crippen LogP contribution >= 0.6 is 0 Å². The molecular weight excluding hydrogens is 496 g/mol. The van der Waals surface area contributed by atoms with Crippen molar-refractivity contribution in [1.82, 2.24) is 30.2 Å². The number of rotatable bonds is 6. The molecule has 0 aliphatic rings. The molecule has 3 heterocycles. The first-order valence-electron chi connectivity index (χ1n) is 9.12. The van der Waals surface area contributed by atoms with Crippen LogP contribution in [0.4, 0.5) is 32.2 Å². The Morgan fingerprint density at radius 2 is 1.76 bits per heavy atom. The summed E-state index contributed by atoms with van der Waals surface area (Å²) < 4.78 is 101. The monoisotopic (exact) mass is 509 g/mol. The van der Waals surface area contributed by atoms with Gasteiger partial charge in [0.1, 0.15) is 11.5 Å². The molecule has 0 fully saturated rings. The normalized spacial score (nSPS) is 12.6. The topological polar surface area (TPSA) is 133 Å². The highest BCUT2D eigenvalue weighted by Crippen LogP contribution is 2.29. The molecule has 17 heteroatoms. The first kappa shape index (κ1) is 25.0. The maximum absolute atomic E-state index is 12.6. The number of pyridine rings is 2. The second-order valence-corrected chi connectivity index (χ2v) is 8.87. The van der Waals surface area contributed by atoms with Gasteiger partial charge in [0, 0.05) is 12.4 Å². The molecule has 3 aromatic rings. The molecular formula is C17H13F6N7O3S. The quantitative estimate of drug-likeness (QED) is 0.502. The molecule has 34 heavy (non-hydrogen) atoms. The fraction of sp³-hybridized carbons (Fsp3) is 0.294. The molecule has 0 radical (unpaired) electrons. The highest BCUT2D eigenvalue weighted by molar-refractivity contribution is 7.91. The number of carbonyl (C=O) groups is 1. The van der Waals surface area contributed by atoms with Crippen LogP contribution in [0, 0.1) is 0 Å². The molecule has 0 aromatic carbocycles. The van der Waals surface area contributed by atoms with E-state index in [1.54, 1.807) is 0 Å². The number of hydrogen-bond donors (Lipinski definition) is 1. The second-order valence-electron chi connectivity index (χ2n) is 6.62. The van der Waals surface area contributed by atoms with Crippen LogP contribution in [0.3, 0.4) is 0 Å². The summed E-state index contributed by atoms with van der Waals surface area (Å²) in [7, 11) is -4.06. The summed E-state index contributed by atoms with van der Waals surface area (Å²) in [5, 5.41) is 11.4. The van der Waals surface area contributed by atoms with Crippen LogP contribution in [0.2, 0.25) is 0 Å². The molecule has 0 saturated heterocycles. The second kappa shape index (κ2) is 8.96. The maximum Gasteiger partial charge on any atom is 0.455 e. The number of sulfone groups is 1. The van der Waals surface area contributed by atoms with Crippen molar-refractivity contribution < 1.29 is 39.6 Å². The minimum atomic E-state index is -4.83. The molecule has 3 aromatic heterocycles. The van der Waals surface area contributed by atoms with Crippen LogP contribution in [0.25, 0.3) is 0 Å². The summed E-state index contributed by atoms with van der Waals surface area (Å²) in [6.07, 6.45) is -7.98. The van der Waals surface area contributed by atoms with Crippen molar-refractivity contribution in [3.05, 3.63) is 53.2 Å². The third-order valence-electron chi connectivity index (χ3n) is 4.20. The van der Waals surface area contributed by atoms with Crippen molar-refractivity contribution >= 4 is 21.6 Å². The average Bonchev–Trinajstić information content (AvgIpc) is 3.22. The number of halogens is 6. The van der Waals surface area contributed by atoms with Gasteiger partial charge in [-0.3, -0.25) is 4.79 Å². The van der Waals surface area contributed by atoms with E-state index in [0.29, 0.717) is 17.1 Å². The summed E-state index contributed by atoms with van der Waals surface area (Å²) in [4.78, 5) is 19.9. The molecule has 10 nitrogen and oxygen atoms in total. The number of nitrogens with one attached hydrogen (secondary N) is 1. The minimum Gasteiger partial charge on any atom is -0.305 e. The molecule has 1 N–H and O–H groups in total. The minimum absolute atomic E-state index is 0.0438. The lowest BCUT2D eigenvalue weighted by atomic mass is 10.2. The van der Waals surface area contributed by atoms with E-state index in [4.69, 9.17) is 0 Å². The zero-order valence-electron chi connectivity index (χ0n) is 16.9. The molecule has 0 spiro atoms. The predicted molar refractivity (Wildman–Crippen MR) is 101 cm³/mol. The van der Waals surface area contributed by atoms with Crippen molar-refractivity contribution in [2.75, 3.05) is 11.1 Å². The Labute approximate surface area is 186 Å². The zero-order chi connectivity index (χ0) is 25.3.